The van der Waals surface area contributed by atoms with E-state index in [1.165, 1.54) is 19.4 Å². The molecule has 0 saturated carbocycles. The van der Waals surface area contributed by atoms with Crippen molar-refractivity contribution in [2.24, 2.45) is 5.10 Å². The number of benzene rings is 3. The standard InChI is InChI=1S/C26H23N3O5/c1-33-22-14-10-21(11-15-22)26(32)27-18-24(30)29-28-17-20-7-12-23(13-8-20)34-25(31)16-9-19-5-3-2-4-6-19/h2-17H,18H2,1H3,(H,27,32)(H,29,30). The highest BCUT2D eigenvalue weighted by atomic mass is 16.5. The minimum Gasteiger partial charge on any atom is -0.497 e. The summed E-state index contributed by atoms with van der Waals surface area (Å²) < 4.78 is 10.3. The molecule has 0 aliphatic carbocycles. The summed E-state index contributed by atoms with van der Waals surface area (Å²) >= 11 is 0. The van der Waals surface area contributed by atoms with Crippen molar-refractivity contribution < 1.29 is 23.9 Å². The van der Waals surface area contributed by atoms with Crippen molar-refractivity contribution in [2.75, 3.05) is 13.7 Å². The third-order valence-electron chi connectivity index (χ3n) is 4.47. The van der Waals surface area contributed by atoms with E-state index < -0.39 is 11.9 Å². The van der Waals surface area contributed by atoms with Gasteiger partial charge in [0.15, 0.2) is 0 Å². The number of amides is 2. The van der Waals surface area contributed by atoms with Crippen LogP contribution in [0, 0.1) is 0 Å². The van der Waals surface area contributed by atoms with Gasteiger partial charge in [0.25, 0.3) is 11.8 Å². The van der Waals surface area contributed by atoms with Gasteiger partial charge in [0, 0.05) is 11.6 Å². The van der Waals surface area contributed by atoms with E-state index in [4.69, 9.17) is 9.47 Å². The maximum absolute atomic E-state index is 12.1. The summed E-state index contributed by atoms with van der Waals surface area (Å²) in [5, 5.41) is 6.37. The van der Waals surface area contributed by atoms with Crippen LogP contribution in [-0.2, 0) is 9.59 Å². The molecule has 0 aromatic heterocycles. The number of nitrogens with zero attached hydrogens (tertiary/aromatic N) is 1. The van der Waals surface area contributed by atoms with E-state index in [1.807, 2.05) is 30.3 Å². The van der Waals surface area contributed by atoms with Crippen LogP contribution in [0.25, 0.3) is 6.08 Å². The molecule has 0 radical (unpaired) electrons. The van der Waals surface area contributed by atoms with Gasteiger partial charge in [-0.15, -0.1) is 0 Å². The first-order chi connectivity index (χ1) is 16.5. The lowest BCUT2D eigenvalue weighted by Gasteiger charge is -2.05. The van der Waals surface area contributed by atoms with Gasteiger partial charge < -0.3 is 14.8 Å². The Balaban J connectivity index is 1.41. The molecule has 0 atom stereocenters. The normalized spacial score (nSPS) is 10.7. The van der Waals surface area contributed by atoms with Crippen LogP contribution in [0.1, 0.15) is 21.5 Å². The fourth-order valence-corrected chi connectivity index (χ4v) is 2.72. The van der Waals surface area contributed by atoms with Gasteiger partial charge in [-0.05, 0) is 65.7 Å². The van der Waals surface area contributed by atoms with Gasteiger partial charge >= 0.3 is 5.97 Å². The molecule has 3 aromatic rings. The fraction of sp³-hybridized carbons (Fsp3) is 0.0769. The molecular formula is C26H23N3O5. The molecule has 8 nitrogen and oxygen atoms in total. The summed E-state index contributed by atoms with van der Waals surface area (Å²) in [6.45, 7) is -0.229. The zero-order valence-electron chi connectivity index (χ0n) is 18.4. The van der Waals surface area contributed by atoms with Gasteiger partial charge in [-0.2, -0.15) is 5.10 Å². The summed E-state index contributed by atoms with van der Waals surface area (Å²) in [4.78, 5) is 35.9. The molecule has 34 heavy (non-hydrogen) atoms. The summed E-state index contributed by atoms with van der Waals surface area (Å²) in [7, 11) is 1.54. The highest BCUT2D eigenvalue weighted by molar-refractivity contribution is 5.96. The molecule has 0 saturated heterocycles. The summed E-state index contributed by atoms with van der Waals surface area (Å²) in [5.74, 6) is -0.339. The second kappa shape index (κ2) is 12.4. The molecule has 0 bridgehead atoms. The molecule has 0 spiro atoms. The monoisotopic (exact) mass is 457 g/mol. The molecule has 0 aliphatic heterocycles. The highest BCUT2D eigenvalue weighted by Crippen LogP contribution is 2.12. The van der Waals surface area contributed by atoms with Crippen LogP contribution in [-0.4, -0.2) is 37.7 Å². The lowest BCUT2D eigenvalue weighted by molar-refractivity contribution is -0.129. The van der Waals surface area contributed by atoms with Crippen molar-refractivity contribution in [3.8, 4) is 11.5 Å². The Morgan fingerprint density at radius 3 is 2.21 bits per heavy atom. The van der Waals surface area contributed by atoms with Crippen LogP contribution in [0.4, 0.5) is 0 Å². The zero-order valence-corrected chi connectivity index (χ0v) is 18.4. The van der Waals surface area contributed by atoms with Crippen LogP contribution in [0.5, 0.6) is 11.5 Å². The van der Waals surface area contributed by atoms with E-state index >= 15 is 0 Å². The van der Waals surface area contributed by atoms with Crippen molar-refractivity contribution in [1.82, 2.24) is 10.7 Å². The van der Waals surface area contributed by atoms with Crippen molar-refractivity contribution in [1.29, 1.82) is 0 Å². The maximum Gasteiger partial charge on any atom is 0.336 e. The number of methoxy groups -OCH3 is 1. The zero-order chi connectivity index (χ0) is 24.2. The van der Waals surface area contributed by atoms with E-state index in [-0.39, 0.29) is 12.5 Å². The Kier molecular flexibility index (Phi) is 8.69. The summed E-state index contributed by atoms with van der Waals surface area (Å²) in [5.41, 5.74) is 4.33. The molecule has 172 valence electrons. The Morgan fingerprint density at radius 1 is 0.853 bits per heavy atom. The lowest BCUT2D eigenvalue weighted by atomic mass is 10.2. The van der Waals surface area contributed by atoms with E-state index in [9.17, 15) is 14.4 Å². The Labute approximate surface area is 196 Å². The van der Waals surface area contributed by atoms with Crippen molar-refractivity contribution in [3.63, 3.8) is 0 Å². The molecule has 2 amide bonds. The first kappa shape index (κ1) is 23.9. The average Bonchev–Trinajstić information content (AvgIpc) is 2.88. The molecule has 0 fully saturated rings. The molecule has 0 aliphatic rings. The number of carbonyl (C=O) groups is 3. The van der Waals surface area contributed by atoms with Crippen LogP contribution < -0.4 is 20.2 Å². The molecule has 3 rings (SSSR count). The molecule has 0 unspecified atom stereocenters. The smallest absolute Gasteiger partial charge is 0.336 e. The topological polar surface area (TPSA) is 106 Å². The highest BCUT2D eigenvalue weighted by Gasteiger charge is 2.07. The molecular weight excluding hydrogens is 434 g/mol. The first-order valence-electron chi connectivity index (χ1n) is 10.3. The number of esters is 1. The minimum absolute atomic E-state index is 0.229. The lowest BCUT2D eigenvalue weighted by Crippen LogP contribution is -2.34. The second-order valence-electron chi connectivity index (χ2n) is 6.94. The number of hydrogen-bond donors (Lipinski definition) is 2. The van der Waals surface area contributed by atoms with Crippen LogP contribution in [0.3, 0.4) is 0 Å². The third-order valence-corrected chi connectivity index (χ3v) is 4.47. The fourth-order valence-electron chi connectivity index (χ4n) is 2.72. The summed E-state index contributed by atoms with van der Waals surface area (Å²) in [6.07, 6.45) is 4.46. The van der Waals surface area contributed by atoms with E-state index in [0.29, 0.717) is 22.6 Å². The van der Waals surface area contributed by atoms with Gasteiger partial charge in [0.05, 0.1) is 19.9 Å². The van der Waals surface area contributed by atoms with Crippen LogP contribution >= 0.6 is 0 Å². The van der Waals surface area contributed by atoms with Gasteiger partial charge in [-0.3, -0.25) is 9.59 Å². The SMILES string of the molecule is COc1ccc(C(=O)NCC(=O)NN=Cc2ccc(OC(=O)C=Cc3ccccc3)cc2)cc1. The predicted molar refractivity (Wildman–Crippen MR) is 129 cm³/mol. The van der Waals surface area contributed by atoms with Crippen LogP contribution in [0.15, 0.2) is 90.0 Å². The molecule has 8 heteroatoms. The van der Waals surface area contributed by atoms with Gasteiger partial charge in [0.2, 0.25) is 0 Å². The quantitative estimate of drug-likeness (QED) is 0.169. The van der Waals surface area contributed by atoms with E-state index in [2.05, 4.69) is 15.8 Å². The average molecular weight is 457 g/mol. The maximum atomic E-state index is 12.1. The number of nitrogens with one attached hydrogen (secondary N) is 2. The number of rotatable bonds is 9. The minimum atomic E-state index is -0.491. The molecule has 0 heterocycles. The first-order valence-corrected chi connectivity index (χ1v) is 10.3. The van der Waals surface area contributed by atoms with Crippen molar-refractivity contribution in [2.45, 2.75) is 0 Å². The summed E-state index contributed by atoms with van der Waals surface area (Å²) in [6, 6.07) is 22.5. The molecule has 2 N–H and O–H groups in total. The number of carbonyl (C=O) groups excluding carboxylic acids is 3. The Hall–Kier alpha value is -4.72. The largest absolute Gasteiger partial charge is 0.497 e. The Morgan fingerprint density at radius 2 is 1.53 bits per heavy atom. The van der Waals surface area contributed by atoms with Crippen LogP contribution in [0.2, 0.25) is 0 Å². The third kappa shape index (κ3) is 7.76. The number of hydrogen-bond acceptors (Lipinski definition) is 6. The van der Waals surface area contributed by atoms with Gasteiger partial charge in [-0.25, -0.2) is 10.2 Å². The van der Waals surface area contributed by atoms with Crippen molar-refractivity contribution >= 4 is 30.1 Å². The van der Waals surface area contributed by atoms with Gasteiger partial charge in [-0.1, -0.05) is 30.3 Å². The van der Waals surface area contributed by atoms with E-state index in [0.717, 1.165) is 5.56 Å². The molecule has 3 aromatic carbocycles. The Bertz CT molecular complexity index is 1170. The predicted octanol–water partition coefficient (Wildman–Crippen LogP) is 3.19. The number of ether oxygens (including phenoxy) is 2. The van der Waals surface area contributed by atoms with Gasteiger partial charge in [0.1, 0.15) is 11.5 Å². The number of hydrazone groups is 1. The van der Waals surface area contributed by atoms with E-state index in [1.54, 1.807) is 54.6 Å². The van der Waals surface area contributed by atoms with Crippen molar-refractivity contribution in [3.05, 3.63) is 102 Å². The second-order valence-corrected chi connectivity index (χ2v) is 6.94.